The van der Waals surface area contributed by atoms with Crippen LogP contribution in [0.3, 0.4) is 0 Å². The van der Waals surface area contributed by atoms with Crippen molar-refractivity contribution >= 4 is 23.2 Å². The number of halogens is 1. The smallest absolute Gasteiger partial charge is 0.319 e. The minimum atomic E-state index is -0.694. The normalized spacial score (nSPS) is 10.0. The van der Waals surface area contributed by atoms with Gasteiger partial charge in [-0.25, -0.2) is 4.98 Å². The third kappa shape index (κ3) is 3.51. The van der Waals surface area contributed by atoms with Crippen LogP contribution >= 0.6 is 11.6 Å². The van der Waals surface area contributed by atoms with Crippen molar-refractivity contribution in [3.05, 3.63) is 45.7 Å². The van der Waals surface area contributed by atoms with Gasteiger partial charge in [-0.15, -0.1) is 6.58 Å². The molecule has 0 spiro atoms. The van der Waals surface area contributed by atoms with Crippen LogP contribution in [0.1, 0.15) is 23.7 Å². The lowest BCUT2D eigenvalue weighted by Crippen LogP contribution is -2.32. The number of nitro groups is 1. The Morgan fingerprint density at radius 2 is 2.37 bits per heavy atom. The SMILES string of the molecule is C=CCN(CCC)C(=O)c1ccnc(Cl)c1[N+](=O)[O-]. The minimum Gasteiger partial charge on any atom is -0.335 e. The van der Waals surface area contributed by atoms with Gasteiger partial charge >= 0.3 is 5.69 Å². The monoisotopic (exact) mass is 283 g/mol. The van der Waals surface area contributed by atoms with Crippen LogP contribution in [0.5, 0.6) is 0 Å². The highest BCUT2D eigenvalue weighted by molar-refractivity contribution is 6.32. The standard InChI is InChI=1S/C12H14ClN3O3/c1-3-7-15(8-4-2)12(17)9-5-6-14-11(13)10(9)16(18)19/h3,5-6H,1,4,7-8H2,2H3. The predicted molar refractivity (Wildman–Crippen MR) is 72.3 cm³/mol. The van der Waals surface area contributed by atoms with E-state index in [-0.39, 0.29) is 10.7 Å². The van der Waals surface area contributed by atoms with E-state index in [1.807, 2.05) is 6.92 Å². The Morgan fingerprint density at radius 3 is 2.89 bits per heavy atom. The van der Waals surface area contributed by atoms with Crippen molar-refractivity contribution in [1.29, 1.82) is 0 Å². The molecule has 0 aromatic carbocycles. The molecule has 0 aliphatic carbocycles. The summed E-state index contributed by atoms with van der Waals surface area (Å²) in [6.07, 6.45) is 3.59. The molecule has 0 saturated heterocycles. The third-order valence-corrected chi connectivity index (χ3v) is 2.70. The van der Waals surface area contributed by atoms with E-state index in [0.717, 1.165) is 6.42 Å². The number of pyridine rings is 1. The molecule has 102 valence electrons. The van der Waals surface area contributed by atoms with Gasteiger partial charge < -0.3 is 4.90 Å². The number of hydrogen-bond acceptors (Lipinski definition) is 4. The molecule has 0 radical (unpaired) electrons. The molecule has 6 nitrogen and oxygen atoms in total. The lowest BCUT2D eigenvalue weighted by molar-refractivity contribution is -0.385. The van der Waals surface area contributed by atoms with E-state index in [1.165, 1.54) is 17.2 Å². The van der Waals surface area contributed by atoms with E-state index in [1.54, 1.807) is 6.08 Å². The first-order valence-electron chi connectivity index (χ1n) is 5.72. The molecule has 0 fully saturated rings. The maximum absolute atomic E-state index is 12.3. The Balaban J connectivity index is 3.20. The Hall–Kier alpha value is -1.95. The molecule has 1 rings (SSSR count). The Bertz CT molecular complexity index is 505. The van der Waals surface area contributed by atoms with Gasteiger partial charge in [0.15, 0.2) is 0 Å². The van der Waals surface area contributed by atoms with Crippen LogP contribution in [0.15, 0.2) is 24.9 Å². The summed E-state index contributed by atoms with van der Waals surface area (Å²) in [6.45, 7) is 6.29. The van der Waals surface area contributed by atoms with Crippen LogP contribution in [0.25, 0.3) is 0 Å². The molecular weight excluding hydrogens is 270 g/mol. The second-order valence-electron chi connectivity index (χ2n) is 3.79. The molecule has 0 bridgehead atoms. The van der Waals surface area contributed by atoms with Crippen LogP contribution in [0.4, 0.5) is 5.69 Å². The molecule has 0 saturated carbocycles. The number of amides is 1. The van der Waals surface area contributed by atoms with Gasteiger partial charge in [0.05, 0.1) is 4.92 Å². The molecule has 19 heavy (non-hydrogen) atoms. The highest BCUT2D eigenvalue weighted by Gasteiger charge is 2.27. The number of carbonyl (C=O) groups is 1. The van der Waals surface area contributed by atoms with Crippen molar-refractivity contribution in [3.63, 3.8) is 0 Å². The fraction of sp³-hybridized carbons (Fsp3) is 0.333. The highest BCUT2D eigenvalue weighted by Crippen LogP contribution is 2.27. The zero-order valence-corrected chi connectivity index (χ0v) is 11.3. The highest BCUT2D eigenvalue weighted by atomic mass is 35.5. The molecule has 0 atom stereocenters. The summed E-state index contributed by atoms with van der Waals surface area (Å²) in [5.41, 5.74) is -0.514. The Labute approximate surface area is 115 Å². The summed E-state index contributed by atoms with van der Waals surface area (Å²) in [5.74, 6) is -0.447. The number of aromatic nitrogens is 1. The summed E-state index contributed by atoms with van der Waals surface area (Å²) < 4.78 is 0. The van der Waals surface area contributed by atoms with Gasteiger partial charge in [-0.2, -0.15) is 0 Å². The van der Waals surface area contributed by atoms with Crippen molar-refractivity contribution < 1.29 is 9.72 Å². The summed E-state index contributed by atoms with van der Waals surface area (Å²) in [7, 11) is 0. The van der Waals surface area contributed by atoms with Gasteiger partial charge in [-0.1, -0.05) is 24.6 Å². The fourth-order valence-electron chi connectivity index (χ4n) is 1.65. The average Bonchev–Trinajstić information content (AvgIpc) is 2.37. The molecule has 0 aliphatic rings. The van der Waals surface area contributed by atoms with Crippen molar-refractivity contribution in [1.82, 2.24) is 9.88 Å². The molecule has 0 N–H and O–H groups in total. The number of rotatable bonds is 6. The molecule has 1 aromatic rings. The van der Waals surface area contributed by atoms with Crippen LogP contribution in [0, 0.1) is 10.1 Å². The Kier molecular flexibility index (Phi) is 5.44. The maximum Gasteiger partial charge on any atom is 0.319 e. The molecule has 1 amide bonds. The summed E-state index contributed by atoms with van der Waals surface area (Å²) >= 11 is 5.68. The summed E-state index contributed by atoms with van der Waals surface area (Å²) in [6, 6.07) is 1.30. The van der Waals surface area contributed by atoms with Crippen LogP contribution in [-0.4, -0.2) is 33.8 Å². The first-order chi connectivity index (χ1) is 9.02. The van der Waals surface area contributed by atoms with Gasteiger partial charge in [0.25, 0.3) is 5.91 Å². The van der Waals surface area contributed by atoms with E-state index in [2.05, 4.69) is 11.6 Å². The quantitative estimate of drug-likeness (QED) is 0.348. The van der Waals surface area contributed by atoms with Gasteiger partial charge in [0.1, 0.15) is 5.56 Å². The third-order valence-electron chi connectivity index (χ3n) is 2.42. The van der Waals surface area contributed by atoms with E-state index in [4.69, 9.17) is 11.6 Å². The molecule has 0 aliphatic heterocycles. The second kappa shape index (κ2) is 6.84. The lowest BCUT2D eigenvalue weighted by atomic mass is 10.2. The van der Waals surface area contributed by atoms with Crippen LogP contribution < -0.4 is 0 Å². The van der Waals surface area contributed by atoms with Crippen LogP contribution in [-0.2, 0) is 0 Å². The van der Waals surface area contributed by atoms with Crippen molar-refractivity contribution in [2.75, 3.05) is 13.1 Å². The van der Waals surface area contributed by atoms with Crippen molar-refractivity contribution in [3.8, 4) is 0 Å². The zero-order valence-electron chi connectivity index (χ0n) is 10.5. The first kappa shape index (κ1) is 15.1. The van der Waals surface area contributed by atoms with E-state index < -0.39 is 16.5 Å². The number of hydrogen-bond donors (Lipinski definition) is 0. The summed E-state index contributed by atoms with van der Waals surface area (Å²) in [5, 5.41) is 10.7. The minimum absolute atomic E-state index is 0.0553. The van der Waals surface area contributed by atoms with E-state index in [9.17, 15) is 14.9 Å². The zero-order chi connectivity index (χ0) is 14.4. The number of nitrogens with zero attached hydrogens (tertiary/aromatic N) is 3. The van der Waals surface area contributed by atoms with Gasteiger partial charge in [-0.05, 0) is 12.5 Å². The molecule has 7 heteroatoms. The number of carbonyl (C=O) groups excluding carboxylic acids is 1. The molecule has 0 unspecified atom stereocenters. The topological polar surface area (TPSA) is 76.3 Å². The lowest BCUT2D eigenvalue weighted by Gasteiger charge is -2.20. The van der Waals surface area contributed by atoms with Crippen molar-refractivity contribution in [2.45, 2.75) is 13.3 Å². The van der Waals surface area contributed by atoms with E-state index >= 15 is 0 Å². The van der Waals surface area contributed by atoms with Gasteiger partial charge in [0, 0.05) is 19.3 Å². The largest absolute Gasteiger partial charge is 0.335 e. The van der Waals surface area contributed by atoms with Crippen molar-refractivity contribution in [2.24, 2.45) is 0 Å². The first-order valence-corrected chi connectivity index (χ1v) is 6.09. The summed E-state index contributed by atoms with van der Waals surface area (Å²) in [4.78, 5) is 27.7. The van der Waals surface area contributed by atoms with Gasteiger partial charge in [0.2, 0.25) is 5.15 Å². The molecular formula is C12H14ClN3O3. The Morgan fingerprint density at radius 1 is 1.68 bits per heavy atom. The second-order valence-corrected chi connectivity index (χ2v) is 4.15. The predicted octanol–water partition coefficient (Wildman–Crippen LogP) is 2.68. The molecule has 1 aromatic heterocycles. The molecule has 1 heterocycles. The maximum atomic E-state index is 12.3. The van der Waals surface area contributed by atoms with E-state index in [0.29, 0.717) is 13.1 Å². The fourth-order valence-corrected chi connectivity index (χ4v) is 1.87. The average molecular weight is 284 g/mol. The van der Waals surface area contributed by atoms with Gasteiger partial charge in [-0.3, -0.25) is 14.9 Å². The van der Waals surface area contributed by atoms with Crippen LogP contribution in [0.2, 0.25) is 5.15 Å².